The SMILES string of the molecule is COCC(CCCl)NC(=O)c1cc(Br)c(Br)s1. The molecule has 0 fully saturated rings. The summed E-state index contributed by atoms with van der Waals surface area (Å²) in [6.07, 6.45) is 0.689. The molecular formula is C10H12Br2ClNO2S. The third kappa shape index (κ3) is 4.87. The molecule has 1 unspecified atom stereocenters. The van der Waals surface area contributed by atoms with Gasteiger partial charge in [0.1, 0.15) is 0 Å². The van der Waals surface area contributed by atoms with Crippen molar-refractivity contribution in [1.82, 2.24) is 5.32 Å². The van der Waals surface area contributed by atoms with Crippen LogP contribution in [0.3, 0.4) is 0 Å². The topological polar surface area (TPSA) is 38.3 Å². The minimum absolute atomic E-state index is 0.0512. The Balaban J connectivity index is 2.63. The molecule has 0 aliphatic heterocycles. The highest BCUT2D eigenvalue weighted by Crippen LogP contribution is 2.32. The standard InChI is InChI=1S/C10H12Br2ClNO2S/c1-16-5-6(2-3-13)14-10(15)8-4-7(11)9(12)17-8/h4,6H,2-3,5H2,1H3,(H,14,15). The minimum Gasteiger partial charge on any atom is -0.383 e. The van der Waals surface area contributed by atoms with Gasteiger partial charge in [0.15, 0.2) is 0 Å². The lowest BCUT2D eigenvalue weighted by Gasteiger charge is -2.15. The van der Waals surface area contributed by atoms with E-state index in [1.54, 1.807) is 13.2 Å². The van der Waals surface area contributed by atoms with Crippen LogP contribution in [0.15, 0.2) is 14.3 Å². The molecule has 17 heavy (non-hydrogen) atoms. The number of ether oxygens (including phenoxy) is 1. The molecule has 0 aliphatic carbocycles. The maximum Gasteiger partial charge on any atom is 0.261 e. The summed E-state index contributed by atoms with van der Waals surface area (Å²) in [5.74, 6) is 0.389. The van der Waals surface area contributed by atoms with Crippen LogP contribution in [0.25, 0.3) is 0 Å². The number of methoxy groups -OCH3 is 1. The van der Waals surface area contributed by atoms with E-state index in [-0.39, 0.29) is 11.9 Å². The first-order chi connectivity index (χ1) is 8.08. The smallest absolute Gasteiger partial charge is 0.261 e. The van der Waals surface area contributed by atoms with Gasteiger partial charge in [-0.15, -0.1) is 22.9 Å². The predicted octanol–water partition coefficient (Wildman–Crippen LogP) is 3.65. The molecule has 0 spiro atoms. The number of carbonyl (C=O) groups excluding carboxylic acids is 1. The van der Waals surface area contributed by atoms with E-state index in [9.17, 15) is 4.79 Å². The van der Waals surface area contributed by atoms with Crippen LogP contribution in [0, 0.1) is 0 Å². The Kier molecular flexibility index (Phi) is 7.02. The van der Waals surface area contributed by atoms with Gasteiger partial charge in [-0.05, 0) is 44.3 Å². The molecule has 1 amide bonds. The van der Waals surface area contributed by atoms with Crippen LogP contribution in [-0.2, 0) is 4.74 Å². The van der Waals surface area contributed by atoms with Crippen LogP contribution >= 0.6 is 54.8 Å². The van der Waals surface area contributed by atoms with Gasteiger partial charge < -0.3 is 10.1 Å². The van der Waals surface area contributed by atoms with E-state index in [2.05, 4.69) is 37.2 Å². The summed E-state index contributed by atoms with van der Waals surface area (Å²) >= 11 is 13.8. The Labute approximate surface area is 126 Å². The van der Waals surface area contributed by atoms with Crippen molar-refractivity contribution in [1.29, 1.82) is 0 Å². The molecule has 1 aromatic rings. The lowest BCUT2D eigenvalue weighted by atomic mass is 10.2. The van der Waals surface area contributed by atoms with Crippen LogP contribution in [0.2, 0.25) is 0 Å². The quantitative estimate of drug-likeness (QED) is 0.734. The Morgan fingerprint density at radius 1 is 1.65 bits per heavy atom. The Morgan fingerprint density at radius 3 is 2.82 bits per heavy atom. The number of hydrogen-bond donors (Lipinski definition) is 1. The first-order valence-electron chi connectivity index (χ1n) is 4.89. The van der Waals surface area contributed by atoms with Crippen LogP contribution in [0.5, 0.6) is 0 Å². The molecule has 1 atom stereocenters. The molecule has 7 heteroatoms. The van der Waals surface area contributed by atoms with E-state index >= 15 is 0 Å². The molecule has 96 valence electrons. The number of amides is 1. The van der Waals surface area contributed by atoms with Crippen molar-refractivity contribution in [2.45, 2.75) is 12.5 Å². The van der Waals surface area contributed by atoms with Gasteiger partial charge in [0, 0.05) is 17.5 Å². The summed E-state index contributed by atoms with van der Waals surface area (Å²) in [7, 11) is 1.60. The predicted molar refractivity (Wildman–Crippen MR) is 78.2 cm³/mol. The second-order valence-corrected chi connectivity index (χ2v) is 6.94. The van der Waals surface area contributed by atoms with Gasteiger partial charge in [-0.25, -0.2) is 0 Å². The van der Waals surface area contributed by atoms with Gasteiger partial charge in [0.2, 0.25) is 0 Å². The number of nitrogens with one attached hydrogen (secondary N) is 1. The fraction of sp³-hybridized carbons (Fsp3) is 0.500. The molecule has 1 rings (SSSR count). The van der Waals surface area contributed by atoms with Crippen LogP contribution in [0.1, 0.15) is 16.1 Å². The fourth-order valence-corrected chi connectivity index (χ4v) is 3.45. The van der Waals surface area contributed by atoms with E-state index in [1.165, 1.54) is 11.3 Å². The number of thiophene rings is 1. The monoisotopic (exact) mass is 403 g/mol. The number of hydrogen-bond acceptors (Lipinski definition) is 3. The Morgan fingerprint density at radius 2 is 2.35 bits per heavy atom. The maximum atomic E-state index is 11.9. The van der Waals surface area contributed by atoms with Crippen molar-refractivity contribution in [3.05, 3.63) is 19.2 Å². The van der Waals surface area contributed by atoms with Gasteiger partial charge >= 0.3 is 0 Å². The van der Waals surface area contributed by atoms with Gasteiger partial charge in [-0.1, -0.05) is 0 Å². The maximum absolute atomic E-state index is 11.9. The zero-order chi connectivity index (χ0) is 12.8. The highest BCUT2D eigenvalue weighted by atomic mass is 79.9. The summed E-state index contributed by atoms with van der Waals surface area (Å²) < 4.78 is 6.82. The number of carbonyl (C=O) groups is 1. The summed E-state index contributed by atoms with van der Waals surface area (Å²) in [4.78, 5) is 12.6. The van der Waals surface area contributed by atoms with Crippen molar-refractivity contribution in [2.75, 3.05) is 19.6 Å². The molecule has 0 bridgehead atoms. The minimum atomic E-state index is -0.103. The van der Waals surface area contributed by atoms with Gasteiger partial charge in [0.05, 0.1) is 21.3 Å². The first kappa shape index (κ1) is 15.4. The second kappa shape index (κ2) is 7.74. The van der Waals surface area contributed by atoms with E-state index in [0.29, 0.717) is 23.8 Å². The third-order valence-electron chi connectivity index (χ3n) is 2.03. The van der Waals surface area contributed by atoms with E-state index in [0.717, 1.165) is 8.26 Å². The summed E-state index contributed by atoms with van der Waals surface area (Å²) in [5, 5.41) is 2.90. The van der Waals surface area contributed by atoms with E-state index in [1.807, 2.05) is 0 Å². The first-order valence-corrected chi connectivity index (χ1v) is 7.82. The highest BCUT2D eigenvalue weighted by molar-refractivity contribution is 9.13. The normalized spacial score (nSPS) is 12.5. The fourth-order valence-electron chi connectivity index (χ4n) is 1.25. The van der Waals surface area contributed by atoms with E-state index < -0.39 is 0 Å². The zero-order valence-corrected chi connectivity index (χ0v) is 13.9. The molecule has 0 radical (unpaired) electrons. The average molecular weight is 406 g/mol. The van der Waals surface area contributed by atoms with Crippen LogP contribution < -0.4 is 5.32 Å². The molecule has 1 aromatic heterocycles. The summed E-state index contributed by atoms with van der Waals surface area (Å²) in [5.41, 5.74) is 0. The van der Waals surface area contributed by atoms with Crippen molar-refractivity contribution in [2.24, 2.45) is 0 Å². The van der Waals surface area contributed by atoms with Crippen LogP contribution in [-0.4, -0.2) is 31.5 Å². The third-order valence-corrected chi connectivity index (χ3v) is 5.50. The molecule has 0 saturated heterocycles. The van der Waals surface area contributed by atoms with Crippen molar-refractivity contribution in [3.63, 3.8) is 0 Å². The molecule has 0 aliphatic rings. The lowest BCUT2D eigenvalue weighted by molar-refractivity contribution is 0.0899. The van der Waals surface area contributed by atoms with Crippen molar-refractivity contribution >= 4 is 60.7 Å². The highest BCUT2D eigenvalue weighted by Gasteiger charge is 2.16. The largest absolute Gasteiger partial charge is 0.383 e. The van der Waals surface area contributed by atoms with E-state index in [4.69, 9.17) is 16.3 Å². The van der Waals surface area contributed by atoms with Crippen molar-refractivity contribution in [3.8, 4) is 0 Å². The van der Waals surface area contributed by atoms with Gasteiger partial charge in [-0.2, -0.15) is 0 Å². The molecule has 3 nitrogen and oxygen atoms in total. The zero-order valence-electron chi connectivity index (χ0n) is 9.13. The Bertz CT molecular complexity index is 361. The van der Waals surface area contributed by atoms with Gasteiger partial charge in [-0.3, -0.25) is 4.79 Å². The van der Waals surface area contributed by atoms with Gasteiger partial charge in [0.25, 0.3) is 5.91 Å². The number of halogens is 3. The molecular weight excluding hydrogens is 393 g/mol. The van der Waals surface area contributed by atoms with Crippen molar-refractivity contribution < 1.29 is 9.53 Å². The number of rotatable bonds is 6. The summed E-state index contributed by atoms with van der Waals surface area (Å²) in [6.45, 7) is 0.464. The second-order valence-electron chi connectivity index (χ2n) is 3.34. The summed E-state index contributed by atoms with van der Waals surface area (Å²) in [6, 6.07) is 1.74. The molecule has 0 saturated carbocycles. The molecule has 1 N–H and O–H groups in total. The molecule has 1 heterocycles. The Hall–Kier alpha value is 0.380. The number of alkyl halides is 1. The lowest BCUT2D eigenvalue weighted by Crippen LogP contribution is -2.38. The van der Waals surface area contributed by atoms with Crippen LogP contribution in [0.4, 0.5) is 0 Å². The molecule has 0 aromatic carbocycles. The average Bonchev–Trinajstić information content (AvgIpc) is 2.60.